The maximum atomic E-state index is 12.6. The lowest BCUT2D eigenvalue weighted by atomic mass is 9.78. The quantitative estimate of drug-likeness (QED) is 0.562. The molecule has 0 radical (unpaired) electrons. The molecule has 0 amide bonds. The Kier molecular flexibility index (Phi) is 3.99. The zero-order valence-electron chi connectivity index (χ0n) is 12.3. The van der Waals surface area contributed by atoms with Gasteiger partial charge in [-0.05, 0) is 42.2 Å². The van der Waals surface area contributed by atoms with Crippen LogP contribution < -0.4 is 0 Å². The van der Waals surface area contributed by atoms with Crippen LogP contribution in [-0.2, 0) is 0 Å². The van der Waals surface area contributed by atoms with E-state index in [1.165, 1.54) is 17.2 Å². The molecule has 0 aliphatic heterocycles. The number of alkyl halides is 3. The van der Waals surface area contributed by atoms with Gasteiger partial charge in [-0.2, -0.15) is 13.2 Å². The van der Waals surface area contributed by atoms with Crippen molar-refractivity contribution in [2.45, 2.75) is 52.6 Å². The molecule has 3 heteroatoms. The zero-order valence-corrected chi connectivity index (χ0v) is 12.3. The van der Waals surface area contributed by atoms with Crippen molar-refractivity contribution < 1.29 is 13.2 Å². The van der Waals surface area contributed by atoms with E-state index in [-0.39, 0.29) is 11.8 Å². The molecule has 0 N–H and O–H groups in total. The van der Waals surface area contributed by atoms with Gasteiger partial charge in [0.25, 0.3) is 0 Å². The summed E-state index contributed by atoms with van der Waals surface area (Å²) in [5, 5.41) is 0. The van der Waals surface area contributed by atoms with Crippen molar-refractivity contribution in [3.8, 4) is 0 Å². The molecular weight excluding hydrogens is 261 g/mol. The monoisotopic (exact) mass is 282 g/mol. The van der Waals surface area contributed by atoms with E-state index in [1.54, 1.807) is 6.08 Å². The van der Waals surface area contributed by atoms with Crippen LogP contribution in [0.4, 0.5) is 13.2 Å². The van der Waals surface area contributed by atoms with Crippen LogP contribution in [0.5, 0.6) is 0 Å². The van der Waals surface area contributed by atoms with E-state index in [4.69, 9.17) is 0 Å². The van der Waals surface area contributed by atoms with Crippen LogP contribution in [0.1, 0.15) is 46.5 Å². The van der Waals surface area contributed by atoms with Gasteiger partial charge in [0.05, 0.1) is 0 Å². The van der Waals surface area contributed by atoms with E-state index in [2.05, 4.69) is 32.9 Å². The predicted octanol–water partition coefficient (Wildman–Crippen LogP) is 5.89. The largest absolute Gasteiger partial charge is 0.412 e. The summed E-state index contributed by atoms with van der Waals surface area (Å²) in [6.45, 7) is 6.57. The third-order valence-electron chi connectivity index (χ3n) is 4.04. The Morgan fingerprint density at radius 3 is 1.45 bits per heavy atom. The molecule has 0 atom stereocenters. The van der Waals surface area contributed by atoms with Crippen LogP contribution in [0.3, 0.4) is 0 Å². The summed E-state index contributed by atoms with van der Waals surface area (Å²) in [5.41, 5.74) is 3.41. The van der Waals surface area contributed by atoms with Crippen LogP contribution >= 0.6 is 0 Å². The summed E-state index contributed by atoms with van der Waals surface area (Å²) in [6.07, 6.45) is 5.47. The number of hydrogen-bond donors (Lipinski definition) is 0. The summed E-state index contributed by atoms with van der Waals surface area (Å²) in [7, 11) is 0. The van der Waals surface area contributed by atoms with Gasteiger partial charge in [-0.15, -0.1) is 0 Å². The normalized spacial score (nSPS) is 20.9. The molecule has 2 aliphatic rings. The Balaban J connectivity index is 2.16. The Morgan fingerprint density at radius 2 is 1.15 bits per heavy atom. The number of hydrogen-bond acceptors (Lipinski definition) is 0. The third-order valence-corrected chi connectivity index (χ3v) is 4.04. The number of halogens is 3. The van der Waals surface area contributed by atoms with Crippen LogP contribution in [0, 0.1) is 5.41 Å². The van der Waals surface area contributed by atoms with Crippen LogP contribution in [0.2, 0.25) is 0 Å². The predicted molar refractivity (Wildman–Crippen MR) is 76.3 cm³/mol. The lowest BCUT2D eigenvalue weighted by molar-refractivity contribution is -0.0941. The highest BCUT2D eigenvalue weighted by Crippen LogP contribution is 2.38. The molecule has 110 valence electrons. The van der Waals surface area contributed by atoms with Crippen LogP contribution in [-0.4, -0.2) is 6.18 Å². The van der Waals surface area contributed by atoms with Crippen molar-refractivity contribution >= 4 is 0 Å². The summed E-state index contributed by atoms with van der Waals surface area (Å²) in [5.74, 6) is 0. The van der Waals surface area contributed by atoms with Crippen LogP contribution in [0.15, 0.2) is 46.6 Å². The van der Waals surface area contributed by atoms with Gasteiger partial charge in [-0.1, -0.05) is 50.6 Å². The molecule has 2 rings (SSSR count). The lowest BCUT2D eigenvalue weighted by Crippen LogP contribution is -2.15. The molecule has 20 heavy (non-hydrogen) atoms. The second-order valence-corrected chi connectivity index (χ2v) is 6.52. The fraction of sp³-hybridized carbons (Fsp3) is 0.529. The molecule has 0 heterocycles. The fourth-order valence-electron chi connectivity index (χ4n) is 2.67. The fourth-order valence-corrected chi connectivity index (χ4v) is 2.67. The molecular formula is C17H21F3. The SMILES string of the molecule is CC(C)(C)C1=CC=C(C2=CC=C(C(F)(F)F)CC2)CC1. The molecule has 0 nitrogen and oxygen atoms in total. The molecule has 2 aliphatic carbocycles. The van der Waals surface area contributed by atoms with Gasteiger partial charge in [-0.3, -0.25) is 0 Å². The van der Waals surface area contributed by atoms with Gasteiger partial charge in [0.15, 0.2) is 0 Å². The Bertz CT molecular complexity index is 457. The minimum absolute atomic E-state index is 0.0997. The Hall–Kier alpha value is -1.25. The average Bonchev–Trinajstić information content (AvgIpc) is 2.37. The van der Waals surface area contributed by atoms with Crippen LogP contribution in [0.25, 0.3) is 0 Å². The van der Waals surface area contributed by atoms with E-state index in [1.807, 2.05) is 0 Å². The second kappa shape index (κ2) is 5.27. The lowest BCUT2D eigenvalue weighted by Gasteiger charge is -2.27. The van der Waals surface area contributed by atoms with Gasteiger partial charge < -0.3 is 0 Å². The van der Waals surface area contributed by atoms with E-state index < -0.39 is 11.7 Å². The van der Waals surface area contributed by atoms with Gasteiger partial charge in [0, 0.05) is 5.57 Å². The Morgan fingerprint density at radius 1 is 0.700 bits per heavy atom. The Labute approximate surface area is 118 Å². The van der Waals surface area contributed by atoms with E-state index in [0.29, 0.717) is 6.42 Å². The first kappa shape index (κ1) is 15.1. The number of allylic oxidation sites excluding steroid dienone is 8. The average molecular weight is 282 g/mol. The van der Waals surface area contributed by atoms with E-state index >= 15 is 0 Å². The second-order valence-electron chi connectivity index (χ2n) is 6.52. The maximum Gasteiger partial charge on any atom is 0.412 e. The third kappa shape index (κ3) is 3.44. The minimum atomic E-state index is -4.18. The molecule has 0 saturated carbocycles. The maximum absolute atomic E-state index is 12.6. The summed E-state index contributed by atoms with van der Waals surface area (Å²) in [6, 6.07) is 0. The molecule has 0 unspecified atom stereocenters. The summed E-state index contributed by atoms with van der Waals surface area (Å²) < 4.78 is 37.7. The van der Waals surface area contributed by atoms with Gasteiger partial charge >= 0.3 is 6.18 Å². The van der Waals surface area contributed by atoms with Crippen molar-refractivity contribution in [2.75, 3.05) is 0 Å². The molecule has 0 aromatic carbocycles. The first-order valence-corrected chi connectivity index (χ1v) is 7.05. The summed E-state index contributed by atoms with van der Waals surface area (Å²) in [4.78, 5) is 0. The van der Waals surface area contributed by atoms with Gasteiger partial charge in [0.2, 0.25) is 0 Å². The van der Waals surface area contributed by atoms with Gasteiger partial charge in [-0.25, -0.2) is 0 Å². The molecule has 0 aromatic heterocycles. The summed E-state index contributed by atoms with van der Waals surface area (Å²) >= 11 is 0. The molecule has 0 aromatic rings. The first-order valence-electron chi connectivity index (χ1n) is 7.05. The van der Waals surface area contributed by atoms with Crippen molar-refractivity contribution in [1.29, 1.82) is 0 Å². The molecule has 0 saturated heterocycles. The van der Waals surface area contributed by atoms with E-state index in [0.717, 1.165) is 18.4 Å². The number of rotatable bonds is 1. The highest BCUT2D eigenvalue weighted by molar-refractivity contribution is 5.43. The molecule has 0 fully saturated rings. The molecule has 0 spiro atoms. The highest BCUT2D eigenvalue weighted by Gasteiger charge is 2.34. The van der Waals surface area contributed by atoms with E-state index in [9.17, 15) is 13.2 Å². The highest BCUT2D eigenvalue weighted by atomic mass is 19.4. The van der Waals surface area contributed by atoms with Crippen molar-refractivity contribution in [2.24, 2.45) is 5.41 Å². The minimum Gasteiger partial charge on any atom is -0.166 e. The topological polar surface area (TPSA) is 0 Å². The van der Waals surface area contributed by atoms with Crippen molar-refractivity contribution in [3.63, 3.8) is 0 Å². The smallest absolute Gasteiger partial charge is 0.166 e. The standard InChI is InChI=1S/C17H21F3/c1-16(2,3)14-8-4-12(5-9-14)13-6-10-15(11-7-13)17(18,19)20/h4,6,8,10H,5,7,9,11H2,1-3H3. The van der Waals surface area contributed by atoms with Gasteiger partial charge in [0.1, 0.15) is 0 Å². The first-order chi connectivity index (χ1) is 9.18. The molecule has 0 bridgehead atoms. The van der Waals surface area contributed by atoms with Crippen molar-refractivity contribution in [3.05, 3.63) is 46.6 Å². The van der Waals surface area contributed by atoms with Crippen molar-refractivity contribution in [1.82, 2.24) is 0 Å². The zero-order chi connectivity index (χ0) is 15.0.